The summed E-state index contributed by atoms with van der Waals surface area (Å²) < 4.78 is 86.5. The van der Waals surface area contributed by atoms with E-state index in [0.29, 0.717) is 57.2 Å². The van der Waals surface area contributed by atoms with Crippen LogP contribution in [-0.2, 0) is 21.7 Å². The van der Waals surface area contributed by atoms with Crippen molar-refractivity contribution in [2.45, 2.75) is 54.4 Å². The number of benzene rings is 2. The van der Waals surface area contributed by atoms with Gasteiger partial charge in [0.25, 0.3) is 0 Å². The van der Waals surface area contributed by atoms with Crippen molar-refractivity contribution in [1.82, 2.24) is 5.32 Å². The maximum atomic E-state index is 14.5. The summed E-state index contributed by atoms with van der Waals surface area (Å²) in [6.07, 6.45) is -3.18. The predicted molar refractivity (Wildman–Crippen MR) is 153 cm³/mol. The van der Waals surface area contributed by atoms with Gasteiger partial charge in [-0.3, -0.25) is 0 Å². The number of sulfone groups is 1. The number of piperidine rings is 1. The Bertz CT molecular complexity index is 1670. The van der Waals surface area contributed by atoms with Crippen LogP contribution in [0.2, 0.25) is 0 Å². The lowest BCUT2D eigenvalue weighted by atomic mass is 9.98. The van der Waals surface area contributed by atoms with E-state index in [0.717, 1.165) is 12.8 Å². The van der Waals surface area contributed by atoms with E-state index in [9.17, 15) is 26.0 Å². The van der Waals surface area contributed by atoms with Gasteiger partial charge in [0.1, 0.15) is 11.9 Å². The van der Waals surface area contributed by atoms with Crippen molar-refractivity contribution in [2.75, 3.05) is 43.1 Å². The highest BCUT2D eigenvalue weighted by Crippen LogP contribution is 2.59. The SMILES string of the molecule is CS(=O)(=O)c1ccc(NCC#Cc2sc3c(N[C@@H]4CCNC[C@@H]4F)cccc3c2CC(F)(F)F)c2c1C1(CC1)CO2. The van der Waals surface area contributed by atoms with Gasteiger partial charge in [0.05, 0.1) is 51.5 Å². The zero-order valence-electron chi connectivity index (χ0n) is 22.3. The largest absolute Gasteiger partial charge is 0.490 e. The molecule has 3 aliphatic rings. The van der Waals surface area contributed by atoms with Crippen LogP contribution in [0.3, 0.4) is 0 Å². The summed E-state index contributed by atoms with van der Waals surface area (Å²) in [6, 6.07) is 7.87. The van der Waals surface area contributed by atoms with Crippen LogP contribution in [0.25, 0.3) is 10.1 Å². The zero-order valence-corrected chi connectivity index (χ0v) is 23.9. The van der Waals surface area contributed by atoms with Gasteiger partial charge < -0.3 is 20.7 Å². The van der Waals surface area contributed by atoms with Gasteiger partial charge in [0.2, 0.25) is 0 Å². The molecule has 0 bridgehead atoms. The number of anilines is 2. The fourth-order valence-electron chi connectivity index (χ4n) is 5.70. The Labute approximate surface area is 239 Å². The molecule has 2 aromatic carbocycles. The van der Waals surface area contributed by atoms with Crippen molar-refractivity contribution in [3.8, 4) is 17.6 Å². The number of ether oxygens (including phenoxy) is 1. The lowest BCUT2D eigenvalue weighted by molar-refractivity contribution is -0.126. The molecule has 6 rings (SSSR count). The summed E-state index contributed by atoms with van der Waals surface area (Å²) in [5, 5.41) is 9.83. The topological polar surface area (TPSA) is 79.5 Å². The van der Waals surface area contributed by atoms with Gasteiger partial charge in [0.15, 0.2) is 9.84 Å². The molecule has 218 valence electrons. The quantitative estimate of drug-likeness (QED) is 0.257. The van der Waals surface area contributed by atoms with Crippen LogP contribution >= 0.6 is 11.3 Å². The van der Waals surface area contributed by atoms with Crippen LogP contribution in [0.15, 0.2) is 35.2 Å². The Morgan fingerprint density at radius 3 is 2.71 bits per heavy atom. The average molecular weight is 608 g/mol. The minimum absolute atomic E-state index is 0.105. The van der Waals surface area contributed by atoms with Crippen molar-refractivity contribution in [2.24, 2.45) is 0 Å². The fraction of sp³-hybridized carbons (Fsp3) is 0.448. The second-order valence-corrected chi connectivity index (χ2v) is 14.0. The van der Waals surface area contributed by atoms with Gasteiger partial charge in [-0.1, -0.05) is 24.0 Å². The zero-order chi connectivity index (χ0) is 29.0. The summed E-state index contributed by atoms with van der Waals surface area (Å²) in [5.41, 5.74) is 1.76. The molecule has 41 heavy (non-hydrogen) atoms. The summed E-state index contributed by atoms with van der Waals surface area (Å²) >= 11 is 1.17. The molecule has 0 unspecified atom stereocenters. The molecule has 6 nitrogen and oxygen atoms in total. The number of halogens is 4. The van der Waals surface area contributed by atoms with E-state index < -0.39 is 34.6 Å². The maximum Gasteiger partial charge on any atom is 0.393 e. The van der Waals surface area contributed by atoms with Crippen LogP contribution in [0.4, 0.5) is 28.9 Å². The van der Waals surface area contributed by atoms with Crippen LogP contribution < -0.4 is 20.7 Å². The molecule has 1 saturated heterocycles. The van der Waals surface area contributed by atoms with E-state index in [-0.39, 0.29) is 29.0 Å². The third kappa shape index (κ3) is 5.59. The molecule has 0 radical (unpaired) electrons. The number of fused-ring (bicyclic) bond motifs is 3. The first-order valence-electron chi connectivity index (χ1n) is 13.4. The molecule has 1 aliphatic carbocycles. The molecular weight excluding hydrogens is 578 g/mol. The smallest absolute Gasteiger partial charge is 0.393 e. The van der Waals surface area contributed by atoms with Crippen molar-refractivity contribution in [3.05, 3.63) is 46.3 Å². The third-order valence-electron chi connectivity index (χ3n) is 7.91. The highest BCUT2D eigenvalue weighted by Gasteiger charge is 2.53. The summed E-state index contributed by atoms with van der Waals surface area (Å²) in [6.45, 7) is 1.43. The average Bonchev–Trinajstić information content (AvgIpc) is 3.48. The van der Waals surface area contributed by atoms with E-state index in [1.807, 2.05) is 0 Å². The number of hydrogen-bond donors (Lipinski definition) is 3. The van der Waals surface area contributed by atoms with E-state index in [1.54, 1.807) is 30.3 Å². The van der Waals surface area contributed by atoms with Crippen LogP contribution in [0, 0.1) is 11.8 Å². The molecule has 2 atom stereocenters. The molecule has 3 heterocycles. The minimum atomic E-state index is -4.43. The lowest BCUT2D eigenvalue weighted by Gasteiger charge is -2.28. The Morgan fingerprint density at radius 1 is 1.20 bits per heavy atom. The molecule has 0 amide bonds. The standard InChI is InChI=1S/C29H29F4N3O3S2/c1-41(37,38)24-8-7-21(26-25(24)28(10-11-28)16-39-26)35-12-3-6-23-18(14-29(31,32)33)17-4-2-5-22(27(17)40-23)36-20-9-13-34-15-19(20)30/h2,4-5,7-8,19-20,34-36H,9-16H2,1H3/t19-,20+/m0/s1. The Morgan fingerprint density at radius 2 is 2.00 bits per heavy atom. The normalized spacial score (nSPS) is 21.2. The molecular formula is C29H29F4N3O3S2. The predicted octanol–water partition coefficient (Wildman–Crippen LogP) is 5.41. The Kier molecular flexibility index (Phi) is 7.11. The van der Waals surface area contributed by atoms with Crippen molar-refractivity contribution in [3.63, 3.8) is 0 Å². The first-order chi connectivity index (χ1) is 19.5. The summed E-state index contributed by atoms with van der Waals surface area (Å²) in [4.78, 5) is 0.579. The molecule has 1 spiro atoms. The van der Waals surface area contributed by atoms with Crippen LogP contribution in [0.5, 0.6) is 5.75 Å². The van der Waals surface area contributed by atoms with Gasteiger partial charge in [-0.25, -0.2) is 12.8 Å². The Balaban J connectivity index is 1.28. The summed E-state index contributed by atoms with van der Waals surface area (Å²) in [5.74, 6) is 6.37. The molecule has 2 fully saturated rings. The first-order valence-corrected chi connectivity index (χ1v) is 16.1. The highest BCUT2D eigenvalue weighted by molar-refractivity contribution is 7.90. The molecule has 3 N–H and O–H groups in total. The van der Waals surface area contributed by atoms with E-state index in [4.69, 9.17) is 4.74 Å². The van der Waals surface area contributed by atoms with Gasteiger partial charge in [0, 0.05) is 23.8 Å². The van der Waals surface area contributed by atoms with Gasteiger partial charge in [-0.05, 0) is 55.0 Å². The van der Waals surface area contributed by atoms with E-state index >= 15 is 0 Å². The molecule has 12 heteroatoms. The molecule has 2 aliphatic heterocycles. The second kappa shape index (κ2) is 10.4. The number of rotatable bonds is 6. The molecule has 1 aromatic heterocycles. The monoisotopic (exact) mass is 607 g/mol. The van der Waals surface area contributed by atoms with E-state index in [2.05, 4.69) is 27.8 Å². The summed E-state index contributed by atoms with van der Waals surface area (Å²) in [7, 11) is -3.44. The highest BCUT2D eigenvalue weighted by atomic mass is 32.2. The molecule has 1 saturated carbocycles. The number of hydrogen-bond acceptors (Lipinski definition) is 7. The van der Waals surface area contributed by atoms with Crippen molar-refractivity contribution < 1.29 is 30.7 Å². The third-order valence-corrected chi connectivity index (χ3v) is 10.2. The van der Waals surface area contributed by atoms with Crippen LogP contribution in [0.1, 0.15) is 35.3 Å². The lowest BCUT2D eigenvalue weighted by Crippen LogP contribution is -2.45. The number of thiophene rings is 1. The van der Waals surface area contributed by atoms with Gasteiger partial charge in [-0.15, -0.1) is 11.3 Å². The minimum Gasteiger partial charge on any atom is -0.490 e. The Hall–Kier alpha value is -3.01. The van der Waals surface area contributed by atoms with Crippen molar-refractivity contribution in [1.29, 1.82) is 0 Å². The van der Waals surface area contributed by atoms with E-state index in [1.165, 1.54) is 17.6 Å². The van der Waals surface area contributed by atoms with Crippen LogP contribution in [-0.4, -0.2) is 59.3 Å². The number of nitrogens with one attached hydrogen (secondary N) is 3. The molecule has 3 aromatic rings. The van der Waals surface area contributed by atoms with Crippen molar-refractivity contribution >= 4 is 42.6 Å². The maximum absolute atomic E-state index is 14.5. The van der Waals surface area contributed by atoms with Gasteiger partial charge >= 0.3 is 6.18 Å². The number of alkyl halides is 4. The first kappa shape index (κ1) is 28.1. The fourth-order valence-corrected chi connectivity index (χ4v) is 7.87. The second-order valence-electron chi connectivity index (χ2n) is 11.0. The van der Waals surface area contributed by atoms with Gasteiger partial charge in [-0.2, -0.15) is 13.2 Å².